The van der Waals surface area contributed by atoms with Gasteiger partial charge in [0.15, 0.2) is 0 Å². The number of carbonyl (C=O) groups is 1. The number of nitrogens with two attached hydrogens (primary N) is 1. The van der Waals surface area contributed by atoms with Crippen LogP contribution in [0.1, 0.15) is 50.4 Å². The zero-order chi connectivity index (χ0) is 15.6. The first kappa shape index (κ1) is 16.2. The number of benzene rings is 1. The van der Waals surface area contributed by atoms with Crippen molar-refractivity contribution in [2.24, 2.45) is 17.8 Å². The van der Waals surface area contributed by atoms with Gasteiger partial charge in [-0.05, 0) is 42.7 Å². The molecule has 0 spiro atoms. The lowest BCUT2D eigenvalue weighted by Crippen LogP contribution is -2.36. The third-order valence-electron chi connectivity index (χ3n) is 4.49. The molecule has 3 unspecified atom stereocenters. The highest BCUT2D eigenvalue weighted by Gasteiger charge is 2.33. The largest absolute Gasteiger partial charge is 0.458 e. The van der Waals surface area contributed by atoms with Crippen LogP contribution in [0.15, 0.2) is 18.2 Å². The standard InChI is InChI=1S/C17H24ClNO2/c1-10(2)12-8-7-11(3)9-15(12)21-17(20)13-5-4-6-14(18)16(13)19/h4-6,10-12,15H,7-9,19H2,1-3H3. The van der Waals surface area contributed by atoms with Crippen molar-refractivity contribution in [2.45, 2.75) is 46.1 Å². The van der Waals surface area contributed by atoms with E-state index in [1.807, 2.05) is 0 Å². The van der Waals surface area contributed by atoms with E-state index in [1.54, 1.807) is 18.2 Å². The van der Waals surface area contributed by atoms with Crippen LogP contribution in [-0.4, -0.2) is 12.1 Å². The lowest BCUT2D eigenvalue weighted by Gasteiger charge is -2.36. The van der Waals surface area contributed by atoms with Gasteiger partial charge in [0.05, 0.1) is 16.3 Å². The SMILES string of the molecule is CC1CCC(C(C)C)C(OC(=O)c2cccc(Cl)c2N)C1. The normalized spacial score (nSPS) is 25.9. The van der Waals surface area contributed by atoms with Crippen molar-refractivity contribution >= 4 is 23.3 Å². The Bertz CT molecular complexity index is 516. The van der Waals surface area contributed by atoms with E-state index < -0.39 is 0 Å². The van der Waals surface area contributed by atoms with Crippen molar-refractivity contribution < 1.29 is 9.53 Å². The highest BCUT2D eigenvalue weighted by molar-refractivity contribution is 6.33. The van der Waals surface area contributed by atoms with Gasteiger partial charge in [-0.1, -0.05) is 44.9 Å². The molecule has 1 aliphatic rings. The van der Waals surface area contributed by atoms with Crippen LogP contribution in [0.5, 0.6) is 0 Å². The van der Waals surface area contributed by atoms with Gasteiger partial charge in [0, 0.05) is 0 Å². The van der Waals surface area contributed by atoms with E-state index in [2.05, 4.69) is 20.8 Å². The van der Waals surface area contributed by atoms with Crippen molar-refractivity contribution in [2.75, 3.05) is 5.73 Å². The summed E-state index contributed by atoms with van der Waals surface area (Å²) in [4.78, 5) is 12.4. The molecule has 2 N–H and O–H groups in total. The molecule has 0 aromatic heterocycles. The molecule has 1 aromatic carbocycles. The molecule has 1 saturated carbocycles. The number of esters is 1. The van der Waals surface area contributed by atoms with Crippen molar-refractivity contribution in [3.05, 3.63) is 28.8 Å². The fraction of sp³-hybridized carbons (Fsp3) is 0.588. The Hall–Kier alpha value is -1.22. The van der Waals surface area contributed by atoms with Crippen LogP contribution < -0.4 is 5.73 Å². The first-order valence-electron chi connectivity index (χ1n) is 7.65. The van der Waals surface area contributed by atoms with E-state index in [1.165, 1.54) is 6.42 Å². The van der Waals surface area contributed by atoms with Crippen LogP contribution in [0.4, 0.5) is 5.69 Å². The van der Waals surface area contributed by atoms with Gasteiger partial charge < -0.3 is 10.5 Å². The summed E-state index contributed by atoms with van der Waals surface area (Å²) >= 11 is 5.97. The monoisotopic (exact) mass is 309 g/mol. The fourth-order valence-corrected chi connectivity index (χ4v) is 3.34. The third kappa shape index (κ3) is 3.70. The van der Waals surface area contributed by atoms with Gasteiger partial charge in [-0.25, -0.2) is 4.79 Å². The average Bonchev–Trinajstić information content (AvgIpc) is 2.41. The number of halogens is 1. The molecule has 0 radical (unpaired) electrons. The molecule has 0 bridgehead atoms. The Morgan fingerprint density at radius 2 is 2.10 bits per heavy atom. The maximum Gasteiger partial charge on any atom is 0.340 e. The molecular formula is C17H24ClNO2. The second-order valence-electron chi connectivity index (χ2n) is 6.47. The zero-order valence-corrected chi connectivity index (χ0v) is 13.7. The first-order chi connectivity index (χ1) is 9.90. The van der Waals surface area contributed by atoms with Gasteiger partial charge in [-0.2, -0.15) is 0 Å². The molecule has 1 aliphatic carbocycles. The molecule has 2 rings (SSSR count). The summed E-state index contributed by atoms with van der Waals surface area (Å²) in [7, 11) is 0. The highest BCUT2D eigenvalue weighted by Crippen LogP contribution is 2.36. The number of anilines is 1. The summed E-state index contributed by atoms with van der Waals surface area (Å²) in [5, 5.41) is 0.391. The average molecular weight is 310 g/mol. The predicted molar refractivity (Wildman–Crippen MR) is 86.4 cm³/mol. The molecule has 1 aromatic rings. The van der Waals surface area contributed by atoms with Crippen LogP contribution in [0, 0.1) is 17.8 Å². The van der Waals surface area contributed by atoms with Crippen LogP contribution in [0.2, 0.25) is 5.02 Å². The summed E-state index contributed by atoms with van der Waals surface area (Å²) in [5.41, 5.74) is 6.54. The third-order valence-corrected chi connectivity index (χ3v) is 4.82. The number of rotatable bonds is 3. The topological polar surface area (TPSA) is 52.3 Å². The molecule has 3 atom stereocenters. The van der Waals surface area contributed by atoms with Gasteiger partial charge in [0.1, 0.15) is 6.10 Å². The zero-order valence-electron chi connectivity index (χ0n) is 12.9. The van der Waals surface area contributed by atoms with Crippen molar-refractivity contribution in [1.82, 2.24) is 0 Å². The number of nitrogen functional groups attached to an aromatic ring is 1. The van der Waals surface area contributed by atoms with Crippen LogP contribution >= 0.6 is 11.6 Å². The first-order valence-corrected chi connectivity index (χ1v) is 8.03. The van der Waals surface area contributed by atoms with Crippen molar-refractivity contribution in [3.63, 3.8) is 0 Å². The lowest BCUT2D eigenvalue weighted by molar-refractivity contribution is -0.0173. The minimum absolute atomic E-state index is 0.0281. The van der Waals surface area contributed by atoms with Crippen molar-refractivity contribution in [1.29, 1.82) is 0 Å². The minimum Gasteiger partial charge on any atom is -0.458 e. The van der Waals surface area contributed by atoms with Crippen LogP contribution in [0.3, 0.4) is 0 Å². The Balaban J connectivity index is 2.14. The second kappa shape index (κ2) is 6.69. The van der Waals surface area contributed by atoms with Gasteiger partial charge in [0.25, 0.3) is 0 Å². The molecule has 0 saturated heterocycles. The number of hydrogen-bond donors (Lipinski definition) is 1. The number of carbonyl (C=O) groups excluding carboxylic acids is 1. The Labute approximate surface area is 131 Å². The van der Waals surface area contributed by atoms with E-state index in [-0.39, 0.29) is 12.1 Å². The van der Waals surface area contributed by atoms with Gasteiger partial charge >= 0.3 is 5.97 Å². The van der Waals surface area contributed by atoms with E-state index >= 15 is 0 Å². The Kier molecular flexibility index (Phi) is 5.15. The van der Waals surface area contributed by atoms with Crippen LogP contribution in [-0.2, 0) is 4.74 Å². The second-order valence-corrected chi connectivity index (χ2v) is 6.88. The smallest absolute Gasteiger partial charge is 0.340 e. The molecule has 0 heterocycles. The highest BCUT2D eigenvalue weighted by atomic mass is 35.5. The number of ether oxygens (including phenoxy) is 1. The molecule has 0 aliphatic heterocycles. The Morgan fingerprint density at radius 1 is 1.38 bits per heavy atom. The summed E-state index contributed by atoms with van der Waals surface area (Å²) in [6.45, 7) is 6.59. The molecule has 1 fully saturated rings. The summed E-state index contributed by atoms with van der Waals surface area (Å²) in [6.07, 6.45) is 3.22. The van der Waals surface area contributed by atoms with E-state index in [9.17, 15) is 4.79 Å². The van der Waals surface area contributed by atoms with Crippen LogP contribution in [0.25, 0.3) is 0 Å². The molecule has 4 heteroatoms. The maximum absolute atomic E-state index is 12.4. The van der Waals surface area contributed by atoms with Gasteiger partial charge in [-0.15, -0.1) is 0 Å². The minimum atomic E-state index is -0.361. The molecular weight excluding hydrogens is 286 g/mol. The molecule has 0 amide bonds. The maximum atomic E-state index is 12.4. The molecule has 116 valence electrons. The van der Waals surface area contributed by atoms with Gasteiger partial charge in [0.2, 0.25) is 0 Å². The number of hydrogen-bond acceptors (Lipinski definition) is 3. The van der Waals surface area contributed by atoms with Crippen molar-refractivity contribution in [3.8, 4) is 0 Å². The summed E-state index contributed by atoms with van der Waals surface area (Å²) < 4.78 is 5.78. The predicted octanol–water partition coefficient (Wildman–Crippen LogP) is 4.54. The fourth-order valence-electron chi connectivity index (χ4n) is 3.17. The summed E-state index contributed by atoms with van der Waals surface area (Å²) in [5.74, 6) is 1.16. The molecule has 21 heavy (non-hydrogen) atoms. The lowest BCUT2D eigenvalue weighted by atomic mass is 9.75. The Morgan fingerprint density at radius 3 is 2.76 bits per heavy atom. The number of para-hydroxylation sites is 1. The summed E-state index contributed by atoms with van der Waals surface area (Å²) in [6, 6.07) is 5.06. The van der Waals surface area contributed by atoms with Gasteiger partial charge in [-0.3, -0.25) is 0 Å². The van der Waals surface area contributed by atoms with E-state index in [0.29, 0.717) is 34.0 Å². The van der Waals surface area contributed by atoms with E-state index in [4.69, 9.17) is 22.1 Å². The molecule has 3 nitrogen and oxygen atoms in total. The quantitative estimate of drug-likeness (QED) is 0.658. The van der Waals surface area contributed by atoms with E-state index in [0.717, 1.165) is 12.8 Å².